The molecule has 6 aliphatic rings. The summed E-state index contributed by atoms with van der Waals surface area (Å²) >= 11 is 0. The van der Waals surface area contributed by atoms with Gasteiger partial charge in [-0.1, -0.05) is 97.2 Å². The zero-order valence-corrected chi connectivity index (χ0v) is 19.1. The van der Waals surface area contributed by atoms with Gasteiger partial charge in [-0.2, -0.15) is 0 Å². The maximum absolute atomic E-state index is 2.58. The SMILES string of the molecule is C1=CC2C=CC3=C(C=C4c5cc6ccccc6cc5C5=CC(C6=CCCC=C6)=CC3C54)C2C=C1. The summed E-state index contributed by atoms with van der Waals surface area (Å²) in [6, 6.07) is 13.7. The van der Waals surface area contributed by atoms with Crippen LogP contribution in [0.4, 0.5) is 0 Å². The van der Waals surface area contributed by atoms with E-state index in [1.807, 2.05) is 0 Å². The fourth-order valence-corrected chi connectivity index (χ4v) is 7.00. The van der Waals surface area contributed by atoms with E-state index in [1.54, 1.807) is 0 Å². The molecule has 2 aromatic rings. The molecule has 162 valence electrons. The minimum atomic E-state index is 0.397. The summed E-state index contributed by atoms with van der Waals surface area (Å²) in [5.74, 6) is 1.74. The van der Waals surface area contributed by atoms with Crippen molar-refractivity contribution in [1.29, 1.82) is 0 Å². The Kier molecular flexibility index (Phi) is 3.82. The molecule has 0 heteroatoms. The lowest BCUT2D eigenvalue weighted by atomic mass is 9.64. The molecule has 0 bridgehead atoms. The largest absolute Gasteiger partial charge is 0.0836 e. The van der Waals surface area contributed by atoms with Crippen molar-refractivity contribution in [2.24, 2.45) is 23.7 Å². The lowest BCUT2D eigenvalue weighted by Crippen LogP contribution is -2.27. The second-order valence-electron chi connectivity index (χ2n) is 10.4. The zero-order chi connectivity index (χ0) is 22.2. The minimum Gasteiger partial charge on any atom is -0.0836 e. The van der Waals surface area contributed by atoms with Crippen molar-refractivity contribution in [2.45, 2.75) is 12.8 Å². The van der Waals surface area contributed by atoms with E-state index in [2.05, 4.69) is 109 Å². The molecule has 4 atom stereocenters. The van der Waals surface area contributed by atoms with Crippen molar-refractivity contribution < 1.29 is 0 Å². The van der Waals surface area contributed by atoms with E-state index >= 15 is 0 Å². The first-order valence-corrected chi connectivity index (χ1v) is 12.7. The smallest absolute Gasteiger partial charge is 0.0206 e. The second-order valence-corrected chi connectivity index (χ2v) is 10.4. The number of hydrogen-bond donors (Lipinski definition) is 0. The zero-order valence-electron chi connectivity index (χ0n) is 19.1. The van der Waals surface area contributed by atoms with Crippen LogP contribution in [0.25, 0.3) is 21.9 Å². The van der Waals surface area contributed by atoms with Crippen molar-refractivity contribution in [3.8, 4) is 0 Å². The average molecular weight is 435 g/mol. The molecule has 0 saturated carbocycles. The van der Waals surface area contributed by atoms with Gasteiger partial charge in [-0.25, -0.2) is 0 Å². The van der Waals surface area contributed by atoms with E-state index in [0.29, 0.717) is 23.7 Å². The Morgan fingerprint density at radius 1 is 0.676 bits per heavy atom. The first kappa shape index (κ1) is 18.7. The summed E-state index contributed by atoms with van der Waals surface area (Å²) < 4.78 is 0. The molecule has 2 aromatic carbocycles. The number of hydrogen-bond acceptors (Lipinski definition) is 0. The third-order valence-corrected chi connectivity index (χ3v) is 8.57. The van der Waals surface area contributed by atoms with Crippen molar-refractivity contribution in [3.05, 3.63) is 143 Å². The van der Waals surface area contributed by atoms with Gasteiger partial charge in [-0.15, -0.1) is 0 Å². The predicted octanol–water partition coefficient (Wildman–Crippen LogP) is 8.31. The third-order valence-electron chi connectivity index (χ3n) is 8.57. The molecule has 0 heterocycles. The summed E-state index contributed by atoms with van der Waals surface area (Å²) in [4.78, 5) is 0. The monoisotopic (exact) mass is 434 g/mol. The lowest BCUT2D eigenvalue weighted by Gasteiger charge is -2.39. The van der Waals surface area contributed by atoms with E-state index in [0.717, 1.165) is 12.8 Å². The normalized spacial score (nSPS) is 29.6. The predicted molar refractivity (Wildman–Crippen MR) is 143 cm³/mol. The second kappa shape index (κ2) is 6.93. The number of fused-ring (bicyclic) bond motifs is 7. The van der Waals surface area contributed by atoms with Crippen LogP contribution in [-0.2, 0) is 0 Å². The molecule has 0 N–H and O–H groups in total. The molecule has 4 unspecified atom stereocenters. The van der Waals surface area contributed by atoms with Crippen LogP contribution in [0.5, 0.6) is 0 Å². The number of rotatable bonds is 1. The minimum absolute atomic E-state index is 0.397. The quantitative estimate of drug-likeness (QED) is 0.423. The van der Waals surface area contributed by atoms with Crippen molar-refractivity contribution >= 4 is 21.9 Å². The molecular weight excluding hydrogens is 408 g/mol. The summed E-state index contributed by atoms with van der Waals surface area (Å²) in [7, 11) is 0. The van der Waals surface area contributed by atoms with Crippen molar-refractivity contribution in [3.63, 3.8) is 0 Å². The molecule has 0 radical (unpaired) electrons. The van der Waals surface area contributed by atoms with Crippen LogP contribution in [-0.4, -0.2) is 0 Å². The average Bonchev–Trinajstić information content (AvgIpc) is 3.21. The Morgan fingerprint density at radius 3 is 2.26 bits per heavy atom. The van der Waals surface area contributed by atoms with Gasteiger partial charge in [0.15, 0.2) is 0 Å². The highest BCUT2D eigenvalue weighted by Gasteiger charge is 2.44. The van der Waals surface area contributed by atoms with Crippen molar-refractivity contribution in [1.82, 2.24) is 0 Å². The Bertz CT molecular complexity index is 1550. The van der Waals surface area contributed by atoms with Gasteiger partial charge in [0.1, 0.15) is 0 Å². The van der Waals surface area contributed by atoms with Crippen LogP contribution in [0.1, 0.15) is 24.0 Å². The molecule has 34 heavy (non-hydrogen) atoms. The number of allylic oxidation sites excluding steroid dienone is 18. The van der Waals surface area contributed by atoms with Crippen molar-refractivity contribution in [2.75, 3.05) is 0 Å². The summed E-state index contributed by atoms with van der Waals surface area (Å²) in [6.07, 6.45) is 31.1. The van der Waals surface area contributed by atoms with Gasteiger partial charge < -0.3 is 0 Å². The summed E-state index contributed by atoms with van der Waals surface area (Å²) in [5, 5.41) is 2.68. The van der Waals surface area contributed by atoms with E-state index in [4.69, 9.17) is 0 Å². The molecule has 0 amide bonds. The van der Waals surface area contributed by atoms with Gasteiger partial charge in [0.25, 0.3) is 0 Å². The lowest BCUT2D eigenvalue weighted by molar-refractivity contribution is 0.582. The van der Waals surface area contributed by atoms with Gasteiger partial charge in [-0.05, 0) is 80.3 Å². The van der Waals surface area contributed by atoms with Gasteiger partial charge in [0, 0.05) is 23.7 Å². The molecule has 0 saturated heterocycles. The molecule has 0 spiro atoms. The molecule has 0 nitrogen and oxygen atoms in total. The van der Waals surface area contributed by atoms with Crippen LogP contribution in [0.2, 0.25) is 0 Å². The third kappa shape index (κ3) is 2.54. The molecule has 6 aliphatic carbocycles. The maximum Gasteiger partial charge on any atom is 0.0206 e. The van der Waals surface area contributed by atoms with Gasteiger partial charge >= 0.3 is 0 Å². The highest BCUT2D eigenvalue weighted by Crippen LogP contribution is 2.59. The van der Waals surface area contributed by atoms with Crippen LogP contribution >= 0.6 is 0 Å². The van der Waals surface area contributed by atoms with Crippen LogP contribution in [0, 0.1) is 23.7 Å². The van der Waals surface area contributed by atoms with Gasteiger partial charge in [0.05, 0.1) is 0 Å². The molecule has 0 fully saturated rings. The topological polar surface area (TPSA) is 0 Å². The number of benzene rings is 2. The summed E-state index contributed by atoms with van der Waals surface area (Å²) in [6.45, 7) is 0. The standard InChI is InChI=1S/C34H26/c1-2-8-21(9-3-1)25-18-31-27-15-14-22-10-6-7-13-26(22)30(27)20-33-29-17-24-12-5-4-11-23(24)16-28(29)32(19-25)34(31)33/h2,4-20,22,26,31,34H,1,3H2. The maximum atomic E-state index is 2.58. The molecule has 0 aliphatic heterocycles. The Balaban J connectivity index is 1.40. The Morgan fingerprint density at radius 2 is 1.47 bits per heavy atom. The van der Waals surface area contributed by atoms with Gasteiger partial charge in [-0.3, -0.25) is 0 Å². The van der Waals surface area contributed by atoms with Crippen LogP contribution < -0.4 is 0 Å². The first-order chi connectivity index (χ1) is 16.8. The van der Waals surface area contributed by atoms with E-state index in [1.165, 1.54) is 55.3 Å². The highest BCUT2D eigenvalue weighted by atomic mass is 14.5. The van der Waals surface area contributed by atoms with Gasteiger partial charge in [0.2, 0.25) is 0 Å². The van der Waals surface area contributed by atoms with Crippen LogP contribution in [0.15, 0.2) is 132 Å². The fourth-order valence-electron chi connectivity index (χ4n) is 7.00. The van der Waals surface area contributed by atoms with E-state index in [-0.39, 0.29) is 0 Å². The van der Waals surface area contributed by atoms with E-state index < -0.39 is 0 Å². The van der Waals surface area contributed by atoms with Crippen LogP contribution in [0.3, 0.4) is 0 Å². The Labute approximate surface area is 201 Å². The highest BCUT2D eigenvalue weighted by molar-refractivity contribution is 6.03. The summed E-state index contributed by atoms with van der Waals surface area (Å²) in [5.41, 5.74) is 11.7. The molecule has 0 aromatic heterocycles. The molecular formula is C34H26. The molecule has 8 rings (SSSR count). The fraction of sp³-hybridized carbons (Fsp3) is 0.176. The Hall–Kier alpha value is -3.64. The van der Waals surface area contributed by atoms with E-state index in [9.17, 15) is 0 Å². The first-order valence-electron chi connectivity index (χ1n) is 12.7.